The van der Waals surface area contributed by atoms with Gasteiger partial charge in [-0.25, -0.2) is 4.79 Å². The van der Waals surface area contributed by atoms with Gasteiger partial charge in [0.15, 0.2) is 0 Å². The number of nitrogens with one attached hydrogen (secondary N) is 1. The molecule has 0 radical (unpaired) electrons. The predicted octanol–water partition coefficient (Wildman–Crippen LogP) is 5.12. The molecule has 0 saturated carbocycles. The summed E-state index contributed by atoms with van der Waals surface area (Å²) in [6.07, 6.45) is -5.08. The lowest BCUT2D eigenvalue weighted by Crippen LogP contribution is -2.58. The van der Waals surface area contributed by atoms with Crippen molar-refractivity contribution in [3.05, 3.63) is 64.1 Å². The summed E-state index contributed by atoms with van der Waals surface area (Å²) in [4.78, 5) is 38.9. The fourth-order valence-corrected chi connectivity index (χ4v) is 3.79. The summed E-state index contributed by atoms with van der Waals surface area (Å²) in [5, 5.41) is 11.1. The van der Waals surface area contributed by atoms with E-state index in [0.29, 0.717) is 41.8 Å². The third-order valence-electron chi connectivity index (χ3n) is 5.53. The molecule has 0 aliphatic carbocycles. The lowest BCUT2D eigenvalue weighted by Gasteiger charge is -2.40. The van der Waals surface area contributed by atoms with Gasteiger partial charge in [0.25, 0.3) is 5.91 Å². The number of alkyl halides is 3. The Kier molecular flexibility index (Phi) is 10.2. The number of amides is 2. The van der Waals surface area contributed by atoms with Crippen LogP contribution in [0, 0.1) is 5.41 Å². The van der Waals surface area contributed by atoms with Crippen LogP contribution in [0.3, 0.4) is 0 Å². The number of halogens is 5. The van der Waals surface area contributed by atoms with Crippen molar-refractivity contribution >= 4 is 46.7 Å². The first-order chi connectivity index (χ1) is 17.1. The molecule has 202 valence electrons. The van der Waals surface area contributed by atoms with Gasteiger partial charge in [-0.3, -0.25) is 9.59 Å². The van der Waals surface area contributed by atoms with E-state index in [0.717, 1.165) is 5.69 Å². The summed E-state index contributed by atoms with van der Waals surface area (Å²) in [7, 11) is 0. The van der Waals surface area contributed by atoms with Gasteiger partial charge in [0.2, 0.25) is 5.91 Å². The molecule has 1 aliphatic heterocycles. The topological polar surface area (TPSA) is 90.0 Å². The van der Waals surface area contributed by atoms with E-state index < -0.39 is 23.6 Å². The van der Waals surface area contributed by atoms with Crippen LogP contribution < -0.4 is 10.2 Å². The number of carbonyl (C=O) groups is 3. The van der Waals surface area contributed by atoms with Crippen LogP contribution in [0.2, 0.25) is 10.0 Å². The van der Waals surface area contributed by atoms with E-state index in [4.69, 9.17) is 33.1 Å². The summed E-state index contributed by atoms with van der Waals surface area (Å²) >= 11 is 12.1. The number of anilines is 1. The summed E-state index contributed by atoms with van der Waals surface area (Å²) in [6.45, 7) is 8.42. The maximum atomic E-state index is 13.3. The average molecular weight is 562 g/mol. The smallest absolute Gasteiger partial charge is 0.475 e. The highest BCUT2D eigenvalue weighted by molar-refractivity contribution is 6.42. The van der Waals surface area contributed by atoms with Crippen molar-refractivity contribution < 1.29 is 32.7 Å². The van der Waals surface area contributed by atoms with Crippen LogP contribution in [-0.2, 0) is 9.59 Å². The Morgan fingerprint density at radius 3 is 1.92 bits per heavy atom. The Hall–Kier alpha value is -2.98. The highest BCUT2D eigenvalue weighted by Gasteiger charge is 2.38. The molecule has 2 N–H and O–H groups in total. The molecule has 2 aromatic rings. The van der Waals surface area contributed by atoms with Crippen LogP contribution in [0.1, 0.15) is 31.1 Å². The molecule has 1 heterocycles. The molecule has 1 aliphatic rings. The molecule has 0 aromatic heterocycles. The number of carbonyl (C=O) groups excluding carboxylic acids is 2. The molecule has 1 atom stereocenters. The van der Waals surface area contributed by atoms with Gasteiger partial charge in [0.1, 0.15) is 6.04 Å². The quantitative estimate of drug-likeness (QED) is 0.540. The van der Waals surface area contributed by atoms with Crippen LogP contribution in [-0.4, -0.2) is 66.2 Å². The minimum absolute atomic E-state index is 0.0550. The number of benzene rings is 2. The van der Waals surface area contributed by atoms with Crippen molar-refractivity contribution in [1.29, 1.82) is 0 Å². The lowest BCUT2D eigenvalue weighted by molar-refractivity contribution is -0.192. The first-order valence-electron chi connectivity index (χ1n) is 11.3. The average Bonchev–Trinajstić information content (AvgIpc) is 2.83. The Morgan fingerprint density at radius 1 is 0.919 bits per heavy atom. The molecular weight excluding hydrogens is 534 g/mol. The number of carboxylic acid groups (broad SMARTS) is 1. The van der Waals surface area contributed by atoms with E-state index in [-0.39, 0.29) is 11.8 Å². The Morgan fingerprint density at radius 2 is 1.46 bits per heavy atom. The number of hydrogen-bond donors (Lipinski definition) is 2. The zero-order chi connectivity index (χ0) is 28.0. The van der Waals surface area contributed by atoms with Gasteiger partial charge in [-0.1, -0.05) is 62.2 Å². The predicted molar refractivity (Wildman–Crippen MR) is 136 cm³/mol. The monoisotopic (exact) mass is 561 g/mol. The summed E-state index contributed by atoms with van der Waals surface area (Å²) in [6, 6.07) is 13.9. The van der Waals surface area contributed by atoms with E-state index in [9.17, 15) is 22.8 Å². The number of nitrogens with zero attached hydrogens (tertiary/aromatic N) is 2. The number of carboxylic acids is 1. The largest absolute Gasteiger partial charge is 0.490 e. The Bertz CT molecular complexity index is 1100. The van der Waals surface area contributed by atoms with E-state index in [2.05, 4.69) is 10.2 Å². The van der Waals surface area contributed by atoms with Crippen molar-refractivity contribution in [3.8, 4) is 0 Å². The normalized spacial score (nSPS) is 14.8. The summed E-state index contributed by atoms with van der Waals surface area (Å²) in [5.41, 5.74) is 1.12. The maximum Gasteiger partial charge on any atom is 0.490 e. The summed E-state index contributed by atoms with van der Waals surface area (Å²) < 4.78 is 31.7. The Balaban J connectivity index is 0.000000604. The molecule has 0 spiro atoms. The highest BCUT2D eigenvalue weighted by atomic mass is 35.5. The van der Waals surface area contributed by atoms with Crippen LogP contribution in [0.4, 0.5) is 18.9 Å². The van der Waals surface area contributed by atoms with Crippen molar-refractivity contribution in [2.24, 2.45) is 5.41 Å². The van der Waals surface area contributed by atoms with E-state index in [1.54, 1.807) is 18.2 Å². The summed E-state index contributed by atoms with van der Waals surface area (Å²) in [5.74, 6) is -3.05. The number of piperazine rings is 1. The van der Waals surface area contributed by atoms with Crippen molar-refractivity contribution in [2.45, 2.75) is 33.0 Å². The molecule has 12 heteroatoms. The third-order valence-corrected chi connectivity index (χ3v) is 6.27. The van der Waals surface area contributed by atoms with Gasteiger partial charge < -0.3 is 20.2 Å². The second-order valence-corrected chi connectivity index (χ2v) is 10.2. The molecule has 2 amide bonds. The number of rotatable bonds is 4. The Labute approximate surface area is 223 Å². The third kappa shape index (κ3) is 8.82. The lowest BCUT2D eigenvalue weighted by atomic mass is 9.85. The van der Waals surface area contributed by atoms with Gasteiger partial charge in [-0.15, -0.1) is 0 Å². The first-order valence-corrected chi connectivity index (χ1v) is 12.0. The van der Waals surface area contributed by atoms with Gasteiger partial charge in [-0.05, 0) is 35.7 Å². The molecule has 7 nitrogen and oxygen atoms in total. The molecule has 2 aromatic carbocycles. The minimum atomic E-state index is -5.08. The fourth-order valence-electron chi connectivity index (χ4n) is 3.50. The minimum Gasteiger partial charge on any atom is -0.475 e. The van der Waals surface area contributed by atoms with Crippen molar-refractivity contribution in [3.63, 3.8) is 0 Å². The van der Waals surface area contributed by atoms with Crippen LogP contribution in [0.5, 0.6) is 0 Å². The SMILES string of the molecule is CC(C)(C)[C@@H](NC(=O)c1ccccc1)C(=O)N1CCN(c2ccc(Cl)c(Cl)c2)CC1.O=C(O)C(F)(F)F. The van der Waals surface area contributed by atoms with Gasteiger partial charge in [-0.2, -0.15) is 13.2 Å². The van der Waals surface area contributed by atoms with E-state index >= 15 is 0 Å². The standard InChI is InChI=1S/C23H27Cl2N3O2.C2HF3O2/c1-23(2,3)20(26-21(29)16-7-5-4-6-8-16)22(30)28-13-11-27(12-14-28)17-9-10-18(24)19(25)15-17;3-2(4,5)1(6)7/h4-10,15,20H,11-14H2,1-3H3,(H,26,29);(H,6,7)/t20-;/m0./s1. The van der Waals surface area contributed by atoms with Crippen LogP contribution in [0.15, 0.2) is 48.5 Å². The zero-order valence-corrected chi connectivity index (χ0v) is 22.0. The highest BCUT2D eigenvalue weighted by Crippen LogP contribution is 2.28. The van der Waals surface area contributed by atoms with Crippen LogP contribution >= 0.6 is 23.2 Å². The molecule has 0 unspecified atom stereocenters. The van der Waals surface area contributed by atoms with Gasteiger partial charge >= 0.3 is 12.1 Å². The first kappa shape index (κ1) is 30.2. The molecular formula is C25H28Cl2F3N3O4. The molecule has 1 fully saturated rings. The second kappa shape index (κ2) is 12.5. The van der Waals surface area contributed by atoms with Crippen LogP contribution in [0.25, 0.3) is 0 Å². The second-order valence-electron chi connectivity index (χ2n) is 9.35. The molecule has 3 rings (SSSR count). The molecule has 1 saturated heterocycles. The fraction of sp³-hybridized carbons (Fsp3) is 0.400. The van der Waals surface area contributed by atoms with Gasteiger partial charge in [0, 0.05) is 37.4 Å². The van der Waals surface area contributed by atoms with Gasteiger partial charge in [0.05, 0.1) is 10.0 Å². The maximum absolute atomic E-state index is 13.3. The van der Waals surface area contributed by atoms with Crippen molar-refractivity contribution in [1.82, 2.24) is 10.2 Å². The van der Waals surface area contributed by atoms with Crippen molar-refractivity contribution in [2.75, 3.05) is 31.1 Å². The number of hydrogen-bond acceptors (Lipinski definition) is 4. The van der Waals surface area contributed by atoms with E-state index in [1.807, 2.05) is 56.0 Å². The number of aliphatic carboxylic acids is 1. The zero-order valence-electron chi connectivity index (χ0n) is 20.5. The molecule has 37 heavy (non-hydrogen) atoms. The van der Waals surface area contributed by atoms with E-state index in [1.165, 1.54) is 0 Å². The molecule has 0 bridgehead atoms.